The molecule has 0 aromatic rings. The van der Waals surface area contributed by atoms with Crippen LogP contribution in [0.4, 0.5) is 0 Å². The molecule has 5 heteroatoms. The minimum Gasteiger partial charge on any atom is -0.480 e. The third-order valence-electron chi connectivity index (χ3n) is 2.98. The summed E-state index contributed by atoms with van der Waals surface area (Å²) in [6.07, 6.45) is 3.77. The molecule has 1 atom stereocenters. The van der Waals surface area contributed by atoms with Gasteiger partial charge in [-0.3, -0.25) is 9.69 Å². The van der Waals surface area contributed by atoms with Gasteiger partial charge in [-0.2, -0.15) is 0 Å². The molecule has 1 fully saturated rings. The third-order valence-corrected chi connectivity index (χ3v) is 2.98. The number of rotatable bonds is 7. The van der Waals surface area contributed by atoms with E-state index in [1.807, 2.05) is 4.90 Å². The van der Waals surface area contributed by atoms with Crippen LogP contribution in [0.3, 0.4) is 0 Å². The first-order valence-corrected chi connectivity index (χ1v) is 5.76. The van der Waals surface area contributed by atoms with Gasteiger partial charge in [0.15, 0.2) is 0 Å². The molecule has 0 aromatic heterocycles. The van der Waals surface area contributed by atoms with E-state index in [4.69, 9.17) is 9.84 Å². The summed E-state index contributed by atoms with van der Waals surface area (Å²) in [5.41, 5.74) is 0. The topological polar surface area (TPSA) is 70.0 Å². The molecule has 0 aromatic carbocycles. The molecule has 1 aliphatic rings. The van der Waals surface area contributed by atoms with Crippen LogP contribution in [0.5, 0.6) is 0 Å². The number of aliphatic hydroxyl groups is 1. The largest absolute Gasteiger partial charge is 0.480 e. The Morgan fingerprint density at radius 1 is 1.50 bits per heavy atom. The van der Waals surface area contributed by atoms with Crippen molar-refractivity contribution in [3.05, 3.63) is 0 Å². The number of hydrogen-bond acceptors (Lipinski definition) is 4. The fourth-order valence-electron chi connectivity index (χ4n) is 2.30. The van der Waals surface area contributed by atoms with Gasteiger partial charge in [0.05, 0.1) is 19.3 Å². The number of nitrogens with zero attached hydrogens (tertiary/aromatic N) is 1. The minimum absolute atomic E-state index is 0.00540. The average Bonchev–Trinajstić information content (AvgIpc) is 2.68. The molecule has 0 aliphatic heterocycles. The summed E-state index contributed by atoms with van der Waals surface area (Å²) in [7, 11) is 1.53. The van der Waals surface area contributed by atoms with E-state index in [1.54, 1.807) is 0 Å². The van der Waals surface area contributed by atoms with Crippen molar-refractivity contribution in [3.8, 4) is 0 Å². The van der Waals surface area contributed by atoms with E-state index in [-0.39, 0.29) is 13.2 Å². The van der Waals surface area contributed by atoms with Gasteiger partial charge in [0.2, 0.25) is 0 Å². The van der Waals surface area contributed by atoms with Gasteiger partial charge in [0.25, 0.3) is 0 Å². The van der Waals surface area contributed by atoms with Crippen molar-refractivity contribution in [3.63, 3.8) is 0 Å². The van der Waals surface area contributed by atoms with Gasteiger partial charge >= 0.3 is 5.97 Å². The van der Waals surface area contributed by atoms with Crippen molar-refractivity contribution < 1.29 is 19.7 Å². The Balaban J connectivity index is 2.45. The molecule has 0 radical (unpaired) electrons. The molecule has 1 saturated carbocycles. The molecule has 5 nitrogen and oxygen atoms in total. The van der Waals surface area contributed by atoms with Gasteiger partial charge in [-0.25, -0.2) is 0 Å². The second kappa shape index (κ2) is 6.83. The summed E-state index contributed by atoms with van der Waals surface area (Å²) in [6.45, 7) is 0.638. The van der Waals surface area contributed by atoms with E-state index in [1.165, 1.54) is 7.11 Å². The molecule has 0 saturated heterocycles. The smallest absolute Gasteiger partial charge is 0.317 e. The number of methoxy groups -OCH3 is 1. The van der Waals surface area contributed by atoms with Crippen LogP contribution >= 0.6 is 0 Å². The third kappa shape index (κ3) is 4.47. The summed E-state index contributed by atoms with van der Waals surface area (Å²) < 4.78 is 4.85. The minimum atomic E-state index is -0.837. The van der Waals surface area contributed by atoms with Crippen LogP contribution in [0.15, 0.2) is 0 Å². The lowest BCUT2D eigenvalue weighted by Gasteiger charge is -2.28. The molecule has 0 amide bonds. The Hall–Kier alpha value is -0.650. The zero-order chi connectivity index (χ0) is 12.0. The first-order chi connectivity index (χ1) is 7.63. The first-order valence-electron chi connectivity index (χ1n) is 5.76. The number of ether oxygens (including phenoxy) is 1. The number of aliphatic carboxylic acids is 1. The van der Waals surface area contributed by atoms with E-state index in [0.717, 1.165) is 25.7 Å². The predicted molar refractivity (Wildman–Crippen MR) is 59.3 cm³/mol. The average molecular weight is 231 g/mol. The number of carboxylic acids is 1. The summed E-state index contributed by atoms with van der Waals surface area (Å²) in [5, 5.41) is 18.5. The molecular weight excluding hydrogens is 210 g/mol. The van der Waals surface area contributed by atoms with Crippen molar-refractivity contribution in [2.24, 2.45) is 0 Å². The Labute approximate surface area is 96.0 Å². The molecule has 0 bridgehead atoms. The van der Waals surface area contributed by atoms with Gasteiger partial charge in [-0.15, -0.1) is 0 Å². The number of hydrogen-bond donors (Lipinski definition) is 2. The summed E-state index contributed by atoms with van der Waals surface area (Å²) in [6, 6.07) is 0.308. The fraction of sp³-hybridized carbons (Fsp3) is 0.909. The monoisotopic (exact) mass is 231 g/mol. The molecule has 2 N–H and O–H groups in total. The maximum Gasteiger partial charge on any atom is 0.317 e. The number of carbonyl (C=O) groups is 1. The lowest BCUT2D eigenvalue weighted by molar-refractivity contribution is -0.139. The molecule has 94 valence electrons. The van der Waals surface area contributed by atoms with Crippen LogP contribution < -0.4 is 0 Å². The molecule has 16 heavy (non-hydrogen) atoms. The van der Waals surface area contributed by atoms with Crippen molar-refractivity contribution >= 4 is 5.97 Å². The van der Waals surface area contributed by atoms with Crippen molar-refractivity contribution in [2.75, 3.05) is 26.8 Å². The highest BCUT2D eigenvalue weighted by Crippen LogP contribution is 2.23. The number of carboxylic acid groups (broad SMARTS) is 1. The van der Waals surface area contributed by atoms with Crippen LogP contribution in [0.1, 0.15) is 25.7 Å². The second-order valence-electron chi connectivity index (χ2n) is 4.37. The van der Waals surface area contributed by atoms with E-state index in [0.29, 0.717) is 12.6 Å². The Kier molecular flexibility index (Phi) is 5.73. The lowest BCUT2D eigenvalue weighted by Crippen LogP contribution is -2.43. The van der Waals surface area contributed by atoms with Gasteiger partial charge < -0.3 is 14.9 Å². The van der Waals surface area contributed by atoms with E-state index in [2.05, 4.69) is 0 Å². The number of aliphatic hydroxyl groups excluding tert-OH is 1. The normalized spacial score (nSPS) is 19.2. The van der Waals surface area contributed by atoms with E-state index in [9.17, 15) is 9.90 Å². The summed E-state index contributed by atoms with van der Waals surface area (Å²) in [5.74, 6) is -0.837. The molecular formula is C11H21NO4. The SMILES string of the molecule is COCC(O)CN(CC(=O)O)C1CCCC1. The van der Waals surface area contributed by atoms with Crippen LogP contribution in [0.25, 0.3) is 0 Å². The molecule has 1 rings (SSSR count). The molecule has 0 heterocycles. The van der Waals surface area contributed by atoms with Gasteiger partial charge in [0, 0.05) is 19.7 Å². The maximum atomic E-state index is 10.8. The zero-order valence-corrected chi connectivity index (χ0v) is 9.76. The van der Waals surface area contributed by atoms with Gasteiger partial charge in [-0.05, 0) is 12.8 Å². The molecule has 1 unspecified atom stereocenters. The Morgan fingerprint density at radius 2 is 2.12 bits per heavy atom. The quantitative estimate of drug-likeness (QED) is 0.660. The highest BCUT2D eigenvalue weighted by atomic mass is 16.5. The standard InChI is InChI=1S/C11H21NO4/c1-16-8-10(13)6-12(7-11(14)15)9-4-2-3-5-9/h9-10,13H,2-8H2,1H3,(H,14,15). The van der Waals surface area contributed by atoms with Gasteiger partial charge in [-0.1, -0.05) is 12.8 Å². The highest BCUT2D eigenvalue weighted by molar-refractivity contribution is 5.69. The first kappa shape index (κ1) is 13.4. The van der Waals surface area contributed by atoms with Crippen LogP contribution in [0.2, 0.25) is 0 Å². The van der Waals surface area contributed by atoms with Crippen molar-refractivity contribution in [1.82, 2.24) is 4.90 Å². The Morgan fingerprint density at radius 3 is 2.62 bits per heavy atom. The van der Waals surface area contributed by atoms with Crippen LogP contribution in [0, 0.1) is 0 Å². The Bertz CT molecular complexity index is 216. The van der Waals surface area contributed by atoms with E-state index >= 15 is 0 Å². The van der Waals surface area contributed by atoms with Crippen LogP contribution in [-0.4, -0.2) is 60.0 Å². The fourth-order valence-corrected chi connectivity index (χ4v) is 2.30. The summed E-state index contributed by atoms with van der Waals surface area (Å²) >= 11 is 0. The van der Waals surface area contributed by atoms with Gasteiger partial charge in [0.1, 0.15) is 0 Å². The van der Waals surface area contributed by atoms with Crippen molar-refractivity contribution in [1.29, 1.82) is 0 Å². The van der Waals surface area contributed by atoms with E-state index < -0.39 is 12.1 Å². The lowest BCUT2D eigenvalue weighted by atomic mass is 10.2. The van der Waals surface area contributed by atoms with Crippen molar-refractivity contribution in [2.45, 2.75) is 37.8 Å². The maximum absolute atomic E-state index is 10.8. The predicted octanol–water partition coefficient (Wildman–Crippen LogP) is 0.323. The van der Waals surface area contributed by atoms with Crippen LogP contribution in [-0.2, 0) is 9.53 Å². The zero-order valence-electron chi connectivity index (χ0n) is 9.76. The highest BCUT2D eigenvalue weighted by Gasteiger charge is 2.25. The molecule has 0 spiro atoms. The summed E-state index contributed by atoms with van der Waals surface area (Å²) in [4.78, 5) is 12.6. The molecule has 1 aliphatic carbocycles. The second-order valence-corrected chi connectivity index (χ2v) is 4.37.